The Kier molecular flexibility index (Phi) is 3.81. The summed E-state index contributed by atoms with van der Waals surface area (Å²) in [4.78, 5) is 4.65. The van der Waals surface area contributed by atoms with Gasteiger partial charge in [0.05, 0.1) is 16.8 Å². The molecule has 0 N–H and O–H groups in total. The predicted octanol–water partition coefficient (Wildman–Crippen LogP) is 4.54. The lowest BCUT2D eigenvalue weighted by molar-refractivity contribution is 0.393. The lowest BCUT2D eigenvalue weighted by Gasteiger charge is -2.09. The minimum Gasteiger partial charge on any atom is -0.361 e. The van der Waals surface area contributed by atoms with Gasteiger partial charge in [0.15, 0.2) is 0 Å². The highest BCUT2D eigenvalue weighted by atomic mass is 16.5. The van der Waals surface area contributed by atoms with E-state index < -0.39 is 0 Å². The molecule has 0 radical (unpaired) electrons. The maximum atomic E-state index is 9.65. The largest absolute Gasteiger partial charge is 0.361 e. The summed E-state index contributed by atoms with van der Waals surface area (Å²) < 4.78 is 7.46. The SMILES string of the molecule is Cc1noc(C)c1-c1cc(C#N)c2nc(C)n(Cc3ccccc3)c2c1. The molecule has 0 atom stereocenters. The number of nitriles is 1. The summed E-state index contributed by atoms with van der Waals surface area (Å²) in [6.45, 7) is 6.48. The Labute approximate surface area is 151 Å². The Balaban J connectivity index is 1.95. The smallest absolute Gasteiger partial charge is 0.141 e. The molecule has 0 aliphatic heterocycles. The third kappa shape index (κ3) is 2.56. The summed E-state index contributed by atoms with van der Waals surface area (Å²) in [6.07, 6.45) is 0. The number of nitrogens with zero attached hydrogens (tertiary/aromatic N) is 4. The van der Waals surface area contributed by atoms with Crippen LogP contribution in [0.15, 0.2) is 47.0 Å². The van der Waals surface area contributed by atoms with Crippen molar-refractivity contribution in [1.29, 1.82) is 5.26 Å². The van der Waals surface area contributed by atoms with E-state index in [0.717, 1.165) is 39.4 Å². The number of aryl methyl sites for hydroxylation is 3. The number of aromatic nitrogens is 3. The zero-order valence-corrected chi connectivity index (χ0v) is 14.9. The van der Waals surface area contributed by atoms with Gasteiger partial charge >= 0.3 is 0 Å². The molecule has 2 aromatic carbocycles. The predicted molar refractivity (Wildman–Crippen MR) is 99.7 cm³/mol. The van der Waals surface area contributed by atoms with Crippen molar-refractivity contribution in [1.82, 2.24) is 14.7 Å². The summed E-state index contributed by atoms with van der Waals surface area (Å²) in [7, 11) is 0. The van der Waals surface area contributed by atoms with Gasteiger partial charge in [-0.3, -0.25) is 0 Å². The molecule has 4 aromatic rings. The van der Waals surface area contributed by atoms with E-state index in [-0.39, 0.29) is 0 Å². The Bertz CT molecular complexity index is 1130. The van der Waals surface area contributed by atoms with E-state index in [0.29, 0.717) is 12.1 Å². The molecule has 5 heteroatoms. The third-order valence-corrected chi connectivity index (χ3v) is 4.67. The van der Waals surface area contributed by atoms with Crippen molar-refractivity contribution >= 4 is 11.0 Å². The van der Waals surface area contributed by atoms with Crippen molar-refractivity contribution < 1.29 is 4.52 Å². The molecule has 26 heavy (non-hydrogen) atoms. The molecule has 0 saturated heterocycles. The first kappa shape index (κ1) is 16.1. The van der Waals surface area contributed by atoms with Crippen LogP contribution in [0.3, 0.4) is 0 Å². The Morgan fingerprint density at radius 3 is 2.54 bits per heavy atom. The number of fused-ring (bicyclic) bond motifs is 1. The van der Waals surface area contributed by atoms with Crippen LogP contribution >= 0.6 is 0 Å². The molecule has 0 bridgehead atoms. The maximum absolute atomic E-state index is 9.65. The Hall–Kier alpha value is -3.39. The number of hydrogen-bond donors (Lipinski definition) is 0. The average molecular weight is 342 g/mol. The van der Waals surface area contributed by atoms with Gasteiger partial charge in [-0.1, -0.05) is 35.5 Å². The van der Waals surface area contributed by atoms with E-state index in [1.807, 2.05) is 45.0 Å². The molecule has 2 heterocycles. The van der Waals surface area contributed by atoms with Crippen LogP contribution in [0, 0.1) is 32.1 Å². The van der Waals surface area contributed by atoms with Crippen LogP contribution in [0.2, 0.25) is 0 Å². The van der Waals surface area contributed by atoms with Crippen LogP contribution in [0.5, 0.6) is 0 Å². The average Bonchev–Trinajstić information content (AvgIpc) is 3.14. The minimum absolute atomic E-state index is 0.562. The van der Waals surface area contributed by atoms with Crippen LogP contribution in [-0.4, -0.2) is 14.7 Å². The van der Waals surface area contributed by atoms with Crippen molar-refractivity contribution in [3.05, 3.63) is 70.9 Å². The van der Waals surface area contributed by atoms with Gasteiger partial charge in [-0.25, -0.2) is 4.98 Å². The van der Waals surface area contributed by atoms with Crippen molar-refractivity contribution in [2.24, 2.45) is 0 Å². The molecule has 4 rings (SSSR count). The van der Waals surface area contributed by atoms with Gasteiger partial charge in [-0.05, 0) is 44.0 Å². The first-order valence-corrected chi connectivity index (χ1v) is 8.46. The fourth-order valence-corrected chi connectivity index (χ4v) is 3.43. The standard InChI is InChI=1S/C21H18N4O/c1-13-20(14(2)26-24-13)17-9-18(11-22)21-19(10-17)25(15(3)23-21)12-16-7-5-4-6-8-16/h4-10H,12H2,1-3H3. The van der Waals surface area contributed by atoms with Crippen LogP contribution in [0.1, 0.15) is 28.4 Å². The molecule has 0 aliphatic rings. The van der Waals surface area contributed by atoms with Crippen LogP contribution < -0.4 is 0 Å². The van der Waals surface area contributed by atoms with Gasteiger partial charge in [0.2, 0.25) is 0 Å². The quantitative estimate of drug-likeness (QED) is 0.548. The topological polar surface area (TPSA) is 67.6 Å². The monoisotopic (exact) mass is 342 g/mol. The summed E-state index contributed by atoms with van der Waals surface area (Å²) in [5.41, 5.74) is 6.12. The lowest BCUT2D eigenvalue weighted by Crippen LogP contribution is -2.02. The third-order valence-electron chi connectivity index (χ3n) is 4.67. The van der Waals surface area contributed by atoms with Crippen molar-refractivity contribution in [2.45, 2.75) is 27.3 Å². The van der Waals surface area contributed by atoms with E-state index in [1.54, 1.807) is 0 Å². The molecule has 0 saturated carbocycles. The molecule has 0 fully saturated rings. The summed E-state index contributed by atoms with van der Waals surface area (Å²) in [5, 5.41) is 13.7. The van der Waals surface area contributed by atoms with E-state index in [4.69, 9.17) is 4.52 Å². The second kappa shape index (κ2) is 6.16. The molecule has 0 spiro atoms. The fourth-order valence-electron chi connectivity index (χ4n) is 3.43. The highest BCUT2D eigenvalue weighted by molar-refractivity contribution is 5.88. The van der Waals surface area contributed by atoms with E-state index >= 15 is 0 Å². The first-order valence-electron chi connectivity index (χ1n) is 8.46. The lowest BCUT2D eigenvalue weighted by atomic mass is 10.0. The Morgan fingerprint density at radius 1 is 1.12 bits per heavy atom. The van der Waals surface area contributed by atoms with Gasteiger partial charge in [0.1, 0.15) is 23.2 Å². The van der Waals surface area contributed by atoms with E-state index in [9.17, 15) is 5.26 Å². The molecule has 2 aromatic heterocycles. The summed E-state index contributed by atoms with van der Waals surface area (Å²) in [5.74, 6) is 1.63. The summed E-state index contributed by atoms with van der Waals surface area (Å²) >= 11 is 0. The molecule has 0 unspecified atom stereocenters. The van der Waals surface area contributed by atoms with E-state index in [1.165, 1.54) is 5.56 Å². The van der Waals surface area contributed by atoms with Gasteiger partial charge in [0, 0.05) is 12.1 Å². The second-order valence-electron chi connectivity index (χ2n) is 6.43. The van der Waals surface area contributed by atoms with Crippen molar-refractivity contribution in [3.8, 4) is 17.2 Å². The van der Waals surface area contributed by atoms with Crippen molar-refractivity contribution in [3.63, 3.8) is 0 Å². The Morgan fingerprint density at radius 2 is 1.88 bits per heavy atom. The number of imidazole rings is 1. The second-order valence-corrected chi connectivity index (χ2v) is 6.43. The molecular weight excluding hydrogens is 324 g/mol. The number of benzene rings is 2. The van der Waals surface area contributed by atoms with Gasteiger partial charge in [0.25, 0.3) is 0 Å². The van der Waals surface area contributed by atoms with Gasteiger partial charge in [-0.15, -0.1) is 0 Å². The fraction of sp³-hybridized carbons (Fsp3) is 0.190. The van der Waals surface area contributed by atoms with E-state index in [2.05, 4.69) is 39.0 Å². The first-order chi connectivity index (χ1) is 12.6. The zero-order chi connectivity index (χ0) is 18.3. The highest BCUT2D eigenvalue weighted by Gasteiger charge is 2.18. The minimum atomic E-state index is 0.562. The number of rotatable bonds is 3. The van der Waals surface area contributed by atoms with Crippen LogP contribution in [0.4, 0.5) is 0 Å². The molecule has 0 aliphatic carbocycles. The van der Waals surface area contributed by atoms with Crippen molar-refractivity contribution in [2.75, 3.05) is 0 Å². The highest BCUT2D eigenvalue weighted by Crippen LogP contribution is 2.32. The van der Waals surface area contributed by atoms with Crippen LogP contribution in [0.25, 0.3) is 22.2 Å². The number of hydrogen-bond acceptors (Lipinski definition) is 4. The molecule has 5 nitrogen and oxygen atoms in total. The normalized spacial score (nSPS) is 11.0. The zero-order valence-electron chi connectivity index (χ0n) is 14.9. The van der Waals surface area contributed by atoms with Crippen LogP contribution in [-0.2, 0) is 6.54 Å². The van der Waals surface area contributed by atoms with Gasteiger partial charge in [-0.2, -0.15) is 5.26 Å². The molecular formula is C21H18N4O. The molecule has 0 amide bonds. The van der Waals surface area contributed by atoms with Gasteiger partial charge < -0.3 is 9.09 Å². The molecule has 128 valence electrons. The maximum Gasteiger partial charge on any atom is 0.141 e. The summed E-state index contributed by atoms with van der Waals surface area (Å²) in [6, 6.07) is 16.5.